The maximum atomic E-state index is 10.0. The summed E-state index contributed by atoms with van der Waals surface area (Å²) in [6, 6.07) is 2.40. The third kappa shape index (κ3) is 10.0. The van der Waals surface area contributed by atoms with Crippen LogP contribution in [0.25, 0.3) is 0 Å². The molecule has 0 aromatic carbocycles. The molecule has 1 unspecified atom stereocenters. The number of alkyl halides is 1. The van der Waals surface area contributed by atoms with E-state index in [1.54, 1.807) is 0 Å². The lowest BCUT2D eigenvalue weighted by Crippen LogP contribution is -2.15. The Kier molecular flexibility index (Phi) is 12.2. The van der Waals surface area contributed by atoms with Gasteiger partial charge in [-0.3, -0.25) is 0 Å². The molecule has 3 heteroatoms. The molecule has 0 aromatic rings. The second-order valence-corrected chi connectivity index (χ2v) is 11.9. The number of hydrogen-bond donors (Lipinski definition) is 0. The smallest absolute Gasteiger partial charge is 0.143 e. The minimum absolute atomic E-state index is 0.201. The first kappa shape index (κ1) is 27.6. The van der Waals surface area contributed by atoms with Gasteiger partial charge in [0, 0.05) is 4.32 Å². The largest absolute Gasteiger partial charge is 0.237 e. The van der Waals surface area contributed by atoms with E-state index < -0.39 is 0 Å². The van der Waals surface area contributed by atoms with Crippen LogP contribution in [-0.4, -0.2) is 10.0 Å². The summed E-state index contributed by atoms with van der Waals surface area (Å²) in [6.45, 7) is 11.1. The third-order valence-electron chi connectivity index (χ3n) is 6.83. The van der Waals surface area contributed by atoms with Gasteiger partial charge in [0.05, 0.1) is 5.70 Å². The summed E-state index contributed by atoms with van der Waals surface area (Å²) in [6.07, 6.45) is 25.4. The zero-order valence-electron chi connectivity index (χ0n) is 21.1. The van der Waals surface area contributed by atoms with E-state index in [0.717, 1.165) is 94.7 Å². The fraction of sp³-hybridized carbons (Fsp3) is 0.600. The average molecular weight is 512 g/mol. The summed E-state index contributed by atoms with van der Waals surface area (Å²) in [5.41, 5.74) is 5.08. The molecule has 33 heavy (non-hydrogen) atoms. The van der Waals surface area contributed by atoms with Crippen molar-refractivity contribution in [2.75, 3.05) is 0 Å². The van der Waals surface area contributed by atoms with E-state index >= 15 is 0 Å². The minimum atomic E-state index is 0.201. The van der Waals surface area contributed by atoms with Crippen molar-refractivity contribution in [1.29, 1.82) is 5.26 Å². The number of nitriles is 1. The van der Waals surface area contributed by atoms with Crippen molar-refractivity contribution in [3.05, 3.63) is 59.4 Å². The normalized spacial score (nSPS) is 30.2. The van der Waals surface area contributed by atoms with Crippen LogP contribution in [0.5, 0.6) is 0 Å². The average Bonchev–Trinajstić information content (AvgIpc) is 2.90. The van der Waals surface area contributed by atoms with E-state index in [1.165, 1.54) is 11.1 Å². The van der Waals surface area contributed by atoms with Crippen LogP contribution in [0.4, 0.5) is 0 Å². The Morgan fingerprint density at radius 1 is 1.24 bits per heavy atom. The highest BCUT2D eigenvalue weighted by atomic mass is 79.9. The molecule has 2 rings (SSSR count). The summed E-state index contributed by atoms with van der Waals surface area (Å²) < 4.78 is 0.201. The Morgan fingerprint density at radius 2 is 2.03 bits per heavy atom. The van der Waals surface area contributed by atoms with E-state index in [4.69, 9.17) is 4.99 Å². The van der Waals surface area contributed by atoms with E-state index in [9.17, 15) is 5.26 Å². The van der Waals surface area contributed by atoms with Crippen LogP contribution in [0.3, 0.4) is 0 Å². The molecule has 0 fully saturated rings. The topological polar surface area (TPSA) is 36.1 Å². The number of hydrogen-bond acceptors (Lipinski definition) is 2. The summed E-state index contributed by atoms with van der Waals surface area (Å²) in [5, 5.41) is 10.0. The van der Waals surface area contributed by atoms with E-state index in [-0.39, 0.29) is 4.32 Å². The molecule has 2 atom stereocenters. The molecule has 0 N–H and O–H groups in total. The predicted molar refractivity (Wildman–Crippen MR) is 148 cm³/mol. The quantitative estimate of drug-likeness (QED) is 0.190. The first-order chi connectivity index (χ1) is 15.9. The van der Waals surface area contributed by atoms with E-state index in [1.807, 2.05) is 0 Å². The first-order valence-electron chi connectivity index (χ1n) is 12.9. The Hall–Kier alpha value is -1.66. The van der Waals surface area contributed by atoms with E-state index in [2.05, 4.69) is 79.7 Å². The van der Waals surface area contributed by atoms with Gasteiger partial charge in [-0.25, -0.2) is 4.99 Å². The van der Waals surface area contributed by atoms with Crippen LogP contribution in [0.1, 0.15) is 104 Å². The van der Waals surface area contributed by atoms with Gasteiger partial charge < -0.3 is 0 Å². The molecule has 2 nitrogen and oxygen atoms in total. The van der Waals surface area contributed by atoms with Crippen LogP contribution in [0.2, 0.25) is 0 Å². The molecular weight excluding hydrogens is 468 g/mol. The maximum Gasteiger partial charge on any atom is 0.143 e. The van der Waals surface area contributed by atoms with Gasteiger partial charge in [0.25, 0.3) is 0 Å². The minimum Gasteiger partial charge on any atom is -0.237 e. The number of unbranched alkanes of at least 4 members (excludes halogenated alkanes) is 1. The number of halogens is 1. The van der Waals surface area contributed by atoms with Gasteiger partial charge in [-0.05, 0) is 114 Å². The highest BCUT2D eigenvalue weighted by molar-refractivity contribution is 9.10. The maximum absolute atomic E-state index is 10.0. The van der Waals surface area contributed by atoms with E-state index in [0.29, 0.717) is 11.6 Å². The van der Waals surface area contributed by atoms with Crippen molar-refractivity contribution in [2.45, 2.75) is 109 Å². The van der Waals surface area contributed by atoms with Gasteiger partial charge in [0.15, 0.2) is 0 Å². The summed E-state index contributed by atoms with van der Waals surface area (Å²) in [5.74, 6) is 0.515. The predicted octanol–water partition coefficient (Wildman–Crippen LogP) is 9.71. The lowest BCUT2D eigenvalue weighted by molar-refractivity contribution is 0.498. The van der Waals surface area contributed by atoms with Crippen molar-refractivity contribution in [3.8, 4) is 6.07 Å². The molecule has 2 aliphatic carbocycles. The standard InChI is InChI=1S/C30H43BrN2/c1-5-6-18-27-19-14-21-30(4,31)20-13-15-24(2)29(27)33-28(23-32)25(3)22-26-16-11-9-7-8-10-12-17-26/h7,9-10,12,19,26H,3,5-6,8,11,13-18,20-22H2,1-2,4H3/b9-7-,12-10?,27-19+,29-24+,33-28?/t26?,30-/m0/s1. The number of aliphatic imine (C=N–C) groups is 1. The Balaban J connectivity index is 2.30. The fourth-order valence-electron chi connectivity index (χ4n) is 4.69. The summed E-state index contributed by atoms with van der Waals surface area (Å²) in [4.78, 5) is 5.03. The molecule has 0 bridgehead atoms. The second kappa shape index (κ2) is 14.6. The van der Waals surface area contributed by atoms with Gasteiger partial charge >= 0.3 is 0 Å². The van der Waals surface area contributed by atoms with Gasteiger partial charge in [-0.2, -0.15) is 5.26 Å². The van der Waals surface area contributed by atoms with Crippen LogP contribution in [-0.2, 0) is 0 Å². The van der Waals surface area contributed by atoms with Crippen molar-refractivity contribution < 1.29 is 0 Å². The lowest BCUT2D eigenvalue weighted by Gasteiger charge is -2.24. The van der Waals surface area contributed by atoms with Crippen LogP contribution in [0.15, 0.2) is 64.4 Å². The third-order valence-corrected chi connectivity index (χ3v) is 7.62. The molecule has 0 spiro atoms. The van der Waals surface area contributed by atoms with Crippen LogP contribution in [0, 0.1) is 17.2 Å². The molecule has 0 amide bonds. The number of nitrogens with zero attached hydrogens (tertiary/aromatic N) is 2. The molecular formula is C30H43BrN2. The number of allylic oxidation sites excluding steroid dienone is 8. The Bertz CT molecular complexity index is 845. The summed E-state index contributed by atoms with van der Waals surface area (Å²) >= 11 is 3.94. The molecule has 0 saturated carbocycles. The molecule has 2 aliphatic rings. The number of rotatable bonds is 7. The Morgan fingerprint density at radius 3 is 2.79 bits per heavy atom. The molecule has 180 valence electrons. The van der Waals surface area contributed by atoms with Crippen molar-refractivity contribution in [1.82, 2.24) is 0 Å². The zero-order valence-corrected chi connectivity index (χ0v) is 22.7. The van der Waals surface area contributed by atoms with Crippen molar-refractivity contribution >= 4 is 21.6 Å². The molecule has 0 radical (unpaired) electrons. The molecule has 0 saturated heterocycles. The first-order valence-corrected chi connectivity index (χ1v) is 13.7. The van der Waals surface area contributed by atoms with Gasteiger partial charge in [0.2, 0.25) is 0 Å². The van der Waals surface area contributed by atoms with Gasteiger partial charge in [0.1, 0.15) is 11.8 Å². The monoisotopic (exact) mass is 510 g/mol. The van der Waals surface area contributed by atoms with Crippen LogP contribution < -0.4 is 0 Å². The lowest BCUT2D eigenvalue weighted by atomic mass is 9.90. The van der Waals surface area contributed by atoms with Gasteiger partial charge in [-0.1, -0.05) is 66.2 Å². The van der Waals surface area contributed by atoms with Crippen LogP contribution >= 0.6 is 15.9 Å². The molecule has 0 heterocycles. The highest BCUT2D eigenvalue weighted by Crippen LogP contribution is 2.35. The SMILES string of the molecule is C=C(CC1CC=CC/C=C\CC1)C(C#N)=NC1=C(\C)CCC[C@](C)(Br)CC\C=C\1CCCC. The zero-order chi connectivity index (χ0) is 24.1. The van der Waals surface area contributed by atoms with Crippen molar-refractivity contribution in [3.63, 3.8) is 0 Å². The Labute approximate surface area is 211 Å². The van der Waals surface area contributed by atoms with Gasteiger partial charge in [-0.15, -0.1) is 0 Å². The molecule has 0 aromatic heterocycles. The second-order valence-electron chi connectivity index (χ2n) is 10.0. The van der Waals surface area contributed by atoms with Crippen molar-refractivity contribution in [2.24, 2.45) is 10.9 Å². The summed E-state index contributed by atoms with van der Waals surface area (Å²) in [7, 11) is 0. The molecule has 0 aliphatic heterocycles. The fourth-order valence-corrected chi connectivity index (χ4v) is 5.20. The highest BCUT2D eigenvalue weighted by Gasteiger charge is 2.21.